The van der Waals surface area contributed by atoms with E-state index in [1.807, 2.05) is 30.3 Å². The van der Waals surface area contributed by atoms with Crippen molar-refractivity contribution in [1.82, 2.24) is 10.6 Å². The van der Waals surface area contributed by atoms with E-state index < -0.39 is 0 Å². The second-order valence-corrected chi connectivity index (χ2v) is 7.77. The normalized spacial score (nSPS) is 10.1. The Morgan fingerprint density at radius 2 is 1.68 bits per heavy atom. The summed E-state index contributed by atoms with van der Waals surface area (Å²) in [6, 6.07) is 21.5. The smallest absolute Gasteiger partial charge is 0.257 e. The first-order valence-corrected chi connectivity index (χ1v) is 10.5. The highest BCUT2D eigenvalue weighted by molar-refractivity contribution is 9.10. The van der Waals surface area contributed by atoms with Gasteiger partial charge < -0.3 is 15.4 Å². The Bertz CT molecular complexity index is 1110. The Morgan fingerprint density at radius 3 is 2.39 bits per heavy atom. The van der Waals surface area contributed by atoms with Crippen LogP contribution in [0.3, 0.4) is 0 Å². The number of ether oxygens (including phenoxy) is 1. The topological polar surface area (TPSA) is 79.5 Å². The molecule has 2 amide bonds. The van der Waals surface area contributed by atoms with Crippen molar-refractivity contribution in [1.29, 1.82) is 0 Å². The molecule has 0 unspecified atom stereocenters. The molecule has 0 bridgehead atoms. The lowest BCUT2D eigenvalue weighted by molar-refractivity contribution is 0.0948. The standard InChI is InChI=1S/C23H20BrN3O3S/c1-30-20-11-10-17(13-19(20)24)22(29)27-23(31)26-18-9-5-8-16(12-18)21(28)25-14-15-6-3-2-4-7-15/h2-13H,14H2,1H3,(H,25,28)(H2,26,27,29,31). The number of carbonyl (C=O) groups excluding carboxylic acids is 2. The summed E-state index contributed by atoms with van der Waals surface area (Å²) in [4.78, 5) is 24.9. The van der Waals surface area contributed by atoms with Crippen LogP contribution in [0.1, 0.15) is 26.3 Å². The van der Waals surface area contributed by atoms with E-state index in [1.165, 1.54) is 0 Å². The first kappa shape index (κ1) is 22.5. The van der Waals surface area contributed by atoms with Gasteiger partial charge in [-0.05, 0) is 70.1 Å². The van der Waals surface area contributed by atoms with Gasteiger partial charge in [-0.2, -0.15) is 0 Å². The molecular weight excluding hydrogens is 478 g/mol. The molecule has 8 heteroatoms. The molecule has 3 aromatic carbocycles. The molecule has 31 heavy (non-hydrogen) atoms. The molecule has 0 spiro atoms. The molecule has 0 aliphatic rings. The van der Waals surface area contributed by atoms with E-state index >= 15 is 0 Å². The van der Waals surface area contributed by atoms with Crippen molar-refractivity contribution < 1.29 is 14.3 Å². The van der Waals surface area contributed by atoms with Crippen LogP contribution in [-0.2, 0) is 6.54 Å². The van der Waals surface area contributed by atoms with E-state index in [2.05, 4.69) is 31.9 Å². The SMILES string of the molecule is COc1ccc(C(=O)NC(=S)Nc2cccc(C(=O)NCc3ccccc3)c2)cc1Br. The van der Waals surface area contributed by atoms with E-state index in [0.29, 0.717) is 33.6 Å². The Hall–Kier alpha value is -3.23. The number of thiocarbonyl (C=S) groups is 1. The molecule has 3 aromatic rings. The Labute approximate surface area is 194 Å². The number of carbonyl (C=O) groups is 2. The van der Waals surface area contributed by atoms with Crippen LogP contribution in [0.2, 0.25) is 0 Å². The Kier molecular flexibility index (Phi) is 7.75. The molecule has 0 fully saturated rings. The van der Waals surface area contributed by atoms with Crippen LogP contribution in [0, 0.1) is 0 Å². The fourth-order valence-corrected chi connectivity index (χ4v) is 3.51. The average molecular weight is 498 g/mol. The van der Waals surface area contributed by atoms with Gasteiger partial charge in [-0.15, -0.1) is 0 Å². The van der Waals surface area contributed by atoms with Gasteiger partial charge in [0.1, 0.15) is 5.75 Å². The predicted molar refractivity (Wildman–Crippen MR) is 128 cm³/mol. The first-order chi connectivity index (χ1) is 15.0. The second-order valence-electron chi connectivity index (χ2n) is 6.51. The summed E-state index contributed by atoms with van der Waals surface area (Å²) in [7, 11) is 1.55. The highest BCUT2D eigenvalue weighted by Crippen LogP contribution is 2.25. The Balaban J connectivity index is 1.58. The number of hydrogen-bond donors (Lipinski definition) is 3. The van der Waals surface area contributed by atoms with Crippen LogP contribution in [0.4, 0.5) is 5.69 Å². The molecule has 0 heterocycles. The van der Waals surface area contributed by atoms with Crippen molar-refractivity contribution in [2.24, 2.45) is 0 Å². The van der Waals surface area contributed by atoms with Crippen molar-refractivity contribution in [3.8, 4) is 5.75 Å². The molecule has 3 N–H and O–H groups in total. The number of methoxy groups -OCH3 is 1. The third-order valence-corrected chi connectivity index (χ3v) is 5.14. The first-order valence-electron chi connectivity index (χ1n) is 9.34. The van der Waals surface area contributed by atoms with Gasteiger partial charge in [-0.25, -0.2) is 0 Å². The second kappa shape index (κ2) is 10.7. The minimum atomic E-state index is -0.363. The van der Waals surface area contributed by atoms with Crippen molar-refractivity contribution in [2.45, 2.75) is 6.54 Å². The molecule has 0 aliphatic carbocycles. The molecule has 6 nitrogen and oxygen atoms in total. The lowest BCUT2D eigenvalue weighted by Gasteiger charge is -2.12. The van der Waals surface area contributed by atoms with Crippen LogP contribution in [-0.4, -0.2) is 24.0 Å². The lowest BCUT2D eigenvalue weighted by Crippen LogP contribution is -2.34. The maximum absolute atomic E-state index is 12.4. The zero-order valence-electron chi connectivity index (χ0n) is 16.6. The number of benzene rings is 3. The van der Waals surface area contributed by atoms with Gasteiger partial charge in [0.15, 0.2) is 5.11 Å². The maximum Gasteiger partial charge on any atom is 0.257 e. The minimum absolute atomic E-state index is 0.124. The quantitative estimate of drug-likeness (QED) is 0.436. The third kappa shape index (κ3) is 6.37. The fraction of sp³-hybridized carbons (Fsp3) is 0.0870. The summed E-state index contributed by atoms with van der Waals surface area (Å²) in [6.07, 6.45) is 0. The zero-order valence-corrected chi connectivity index (χ0v) is 19.0. The molecule has 3 rings (SSSR count). The molecule has 0 aliphatic heterocycles. The number of rotatable bonds is 6. The fourth-order valence-electron chi connectivity index (χ4n) is 2.76. The minimum Gasteiger partial charge on any atom is -0.496 e. The molecule has 0 aromatic heterocycles. The van der Waals surface area contributed by atoms with Gasteiger partial charge in [0.2, 0.25) is 0 Å². The van der Waals surface area contributed by atoms with Crippen LogP contribution in [0.25, 0.3) is 0 Å². The van der Waals surface area contributed by atoms with E-state index in [1.54, 1.807) is 49.6 Å². The van der Waals surface area contributed by atoms with Crippen molar-refractivity contribution in [2.75, 3.05) is 12.4 Å². The number of anilines is 1. The monoisotopic (exact) mass is 497 g/mol. The lowest BCUT2D eigenvalue weighted by atomic mass is 10.1. The number of halogens is 1. The molecule has 0 saturated heterocycles. The summed E-state index contributed by atoms with van der Waals surface area (Å²) in [5.74, 6) is 0.0581. The van der Waals surface area contributed by atoms with Gasteiger partial charge in [0.25, 0.3) is 11.8 Å². The summed E-state index contributed by atoms with van der Waals surface area (Å²) in [5.41, 5.74) is 2.51. The molecule has 0 radical (unpaired) electrons. The highest BCUT2D eigenvalue weighted by atomic mass is 79.9. The molecular formula is C23H20BrN3O3S. The van der Waals surface area contributed by atoms with E-state index in [-0.39, 0.29) is 16.9 Å². The van der Waals surface area contributed by atoms with Gasteiger partial charge in [0, 0.05) is 23.4 Å². The maximum atomic E-state index is 12.4. The predicted octanol–water partition coefficient (Wildman–Crippen LogP) is 4.51. The van der Waals surface area contributed by atoms with E-state index in [9.17, 15) is 9.59 Å². The van der Waals surface area contributed by atoms with E-state index in [0.717, 1.165) is 5.56 Å². The Morgan fingerprint density at radius 1 is 0.935 bits per heavy atom. The van der Waals surface area contributed by atoms with Gasteiger partial charge in [0.05, 0.1) is 11.6 Å². The summed E-state index contributed by atoms with van der Waals surface area (Å²) in [6.45, 7) is 0.434. The number of nitrogens with one attached hydrogen (secondary N) is 3. The highest BCUT2D eigenvalue weighted by Gasteiger charge is 2.12. The van der Waals surface area contributed by atoms with Crippen molar-refractivity contribution in [3.63, 3.8) is 0 Å². The summed E-state index contributed by atoms with van der Waals surface area (Å²) in [5, 5.41) is 8.56. The van der Waals surface area contributed by atoms with Crippen LogP contribution < -0.4 is 20.7 Å². The van der Waals surface area contributed by atoms with Crippen LogP contribution in [0.15, 0.2) is 77.3 Å². The largest absolute Gasteiger partial charge is 0.496 e. The van der Waals surface area contributed by atoms with E-state index in [4.69, 9.17) is 17.0 Å². The summed E-state index contributed by atoms with van der Waals surface area (Å²) >= 11 is 8.59. The summed E-state index contributed by atoms with van der Waals surface area (Å²) < 4.78 is 5.83. The number of hydrogen-bond acceptors (Lipinski definition) is 4. The zero-order chi connectivity index (χ0) is 22.2. The molecule has 0 saturated carbocycles. The number of amides is 2. The average Bonchev–Trinajstić information content (AvgIpc) is 2.78. The molecule has 158 valence electrons. The van der Waals surface area contributed by atoms with Crippen LogP contribution >= 0.6 is 28.1 Å². The molecule has 0 atom stereocenters. The van der Waals surface area contributed by atoms with Crippen molar-refractivity contribution in [3.05, 3.63) is 94.0 Å². The van der Waals surface area contributed by atoms with Gasteiger partial charge in [-0.1, -0.05) is 36.4 Å². The van der Waals surface area contributed by atoms with Crippen LogP contribution in [0.5, 0.6) is 5.75 Å². The van der Waals surface area contributed by atoms with Crippen molar-refractivity contribution >= 4 is 50.8 Å². The van der Waals surface area contributed by atoms with Gasteiger partial charge in [-0.3, -0.25) is 14.9 Å². The third-order valence-electron chi connectivity index (χ3n) is 4.32. The van der Waals surface area contributed by atoms with Gasteiger partial charge >= 0.3 is 0 Å².